The molecule has 0 bridgehead atoms. The van der Waals surface area contributed by atoms with E-state index in [1.165, 1.54) is 0 Å². The van der Waals surface area contributed by atoms with Crippen LogP contribution in [0, 0.1) is 0 Å². The fourth-order valence-electron chi connectivity index (χ4n) is 0.873. The summed E-state index contributed by atoms with van der Waals surface area (Å²) in [4.78, 5) is 2.97. The molecule has 0 saturated heterocycles. The summed E-state index contributed by atoms with van der Waals surface area (Å²) in [6.45, 7) is 0. The van der Waals surface area contributed by atoms with Crippen molar-refractivity contribution in [1.82, 2.24) is 19.7 Å². The van der Waals surface area contributed by atoms with E-state index < -0.39 is 0 Å². The van der Waals surface area contributed by atoms with E-state index in [0.29, 0.717) is 5.69 Å². The zero-order valence-electron chi connectivity index (χ0n) is 5.73. The van der Waals surface area contributed by atoms with E-state index >= 15 is 0 Å². The lowest BCUT2D eigenvalue weighted by Gasteiger charge is -1.92. The van der Waals surface area contributed by atoms with Crippen molar-refractivity contribution in [2.24, 2.45) is 0 Å². The van der Waals surface area contributed by atoms with Gasteiger partial charge in [0.05, 0.1) is 5.69 Å². The summed E-state index contributed by atoms with van der Waals surface area (Å²) < 4.78 is 1.75. The van der Waals surface area contributed by atoms with Crippen LogP contribution in [0.5, 0.6) is 0 Å². The topological polar surface area (TPSA) is 72.5 Å². The van der Waals surface area contributed by atoms with E-state index in [-0.39, 0.29) is 0 Å². The molecule has 11 heavy (non-hydrogen) atoms. The first-order valence-corrected chi connectivity index (χ1v) is 3.15. The van der Waals surface area contributed by atoms with Gasteiger partial charge in [-0.05, 0) is 0 Å². The van der Waals surface area contributed by atoms with Crippen molar-refractivity contribution in [3.63, 3.8) is 0 Å². The van der Waals surface area contributed by atoms with Gasteiger partial charge in [0.25, 0.3) is 0 Å². The van der Waals surface area contributed by atoms with Gasteiger partial charge in [-0.15, -0.1) is 10.2 Å². The zero-order valence-corrected chi connectivity index (χ0v) is 5.73. The van der Waals surface area contributed by atoms with E-state index in [1.54, 1.807) is 23.4 Å². The molecule has 0 radical (unpaired) electrons. The van der Waals surface area contributed by atoms with Crippen molar-refractivity contribution in [3.8, 4) is 5.82 Å². The molecule has 0 amide bonds. The molecule has 5 heteroatoms. The highest BCUT2D eigenvalue weighted by Gasteiger charge is 1.96. The van der Waals surface area contributed by atoms with Crippen LogP contribution in [0.25, 0.3) is 5.82 Å². The minimum Gasteiger partial charge on any atom is -0.397 e. The van der Waals surface area contributed by atoms with Crippen molar-refractivity contribution < 1.29 is 0 Å². The maximum atomic E-state index is 5.50. The first-order chi connectivity index (χ1) is 5.36. The van der Waals surface area contributed by atoms with E-state index in [4.69, 9.17) is 5.73 Å². The Bertz CT molecular complexity index is 333. The van der Waals surface area contributed by atoms with Crippen molar-refractivity contribution in [2.75, 3.05) is 5.73 Å². The summed E-state index contributed by atoms with van der Waals surface area (Å²) in [6.07, 6.45) is 4.92. The molecule has 5 nitrogen and oxygen atoms in total. The fraction of sp³-hybridized carbons (Fsp3) is 0. The van der Waals surface area contributed by atoms with Gasteiger partial charge in [0.15, 0.2) is 0 Å². The number of hydrogen-bond donors (Lipinski definition) is 2. The Hall–Kier alpha value is -1.78. The van der Waals surface area contributed by atoms with Crippen LogP contribution in [0.4, 0.5) is 5.69 Å². The van der Waals surface area contributed by atoms with Crippen LogP contribution in [0.3, 0.4) is 0 Å². The highest BCUT2D eigenvalue weighted by atomic mass is 15.2. The van der Waals surface area contributed by atoms with Crippen LogP contribution in [0.15, 0.2) is 24.9 Å². The molecule has 0 aromatic carbocycles. The summed E-state index contributed by atoms with van der Waals surface area (Å²) >= 11 is 0. The van der Waals surface area contributed by atoms with Gasteiger partial charge in [0.1, 0.15) is 18.5 Å². The van der Waals surface area contributed by atoms with Gasteiger partial charge >= 0.3 is 0 Å². The number of nitrogen functional groups attached to an aromatic ring is 1. The first kappa shape index (κ1) is 5.96. The van der Waals surface area contributed by atoms with Crippen molar-refractivity contribution in [3.05, 3.63) is 24.9 Å². The summed E-state index contributed by atoms with van der Waals surface area (Å²) in [6, 6.07) is 1.81. The van der Waals surface area contributed by atoms with Gasteiger partial charge in [-0.1, -0.05) is 0 Å². The van der Waals surface area contributed by atoms with Crippen molar-refractivity contribution in [2.45, 2.75) is 0 Å². The molecule has 0 aliphatic heterocycles. The predicted octanol–water partition coefficient (Wildman–Crippen LogP) is 0.178. The summed E-state index contributed by atoms with van der Waals surface area (Å²) in [7, 11) is 0. The molecule has 0 unspecified atom stereocenters. The second-order valence-electron chi connectivity index (χ2n) is 2.19. The Morgan fingerprint density at radius 2 is 2.09 bits per heavy atom. The molecule has 0 fully saturated rings. The van der Waals surface area contributed by atoms with E-state index in [9.17, 15) is 0 Å². The highest BCUT2D eigenvalue weighted by Crippen LogP contribution is 2.07. The molecule has 0 atom stereocenters. The Kier molecular flexibility index (Phi) is 1.15. The Balaban J connectivity index is 2.45. The van der Waals surface area contributed by atoms with Crippen LogP contribution in [-0.2, 0) is 0 Å². The van der Waals surface area contributed by atoms with Crippen LogP contribution in [0.1, 0.15) is 0 Å². The lowest BCUT2D eigenvalue weighted by molar-refractivity contribution is 1.01. The number of anilines is 1. The monoisotopic (exact) mass is 149 g/mol. The summed E-state index contributed by atoms with van der Waals surface area (Å²) in [5.41, 5.74) is 6.20. The van der Waals surface area contributed by atoms with Crippen LogP contribution in [0.2, 0.25) is 0 Å². The molecule has 3 N–H and O–H groups in total. The number of nitrogens with one attached hydrogen (secondary N) is 1. The van der Waals surface area contributed by atoms with Crippen LogP contribution >= 0.6 is 0 Å². The number of H-pyrrole nitrogens is 1. The molecule has 0 aliphatic carbocycles. The average Bonchev–Trinajstić information content (AvgIpc) is 2.55. The fourth-order valence-corrected chi connectivity index (χ4v) is 0.873. The number of aromatic nitrogens is 4. The summed E-state index contributed by atoms with van der Waals surface area (Å²) in [5, 5.41) is 7.32. The SMILES string of the molecule is Nc1c[nH]c(-n2cnnc2)c1. The maximum absolute atomic E-state index is 5.50. The van der Waals surface area contributed by atoms with Gasteiger partial charge in [-0.2, -0.15) is 0 Å². The zero-order chi connectivity index (χ0) is 7.68. The van der Waals surface area contributed by atoms with Crippen LogP contribution < -0.4 is 5.73 Å². The number of aromatic amines is 1. The lowest BCUT2D eigenvalue weighted by atomic mass is 10.5. The molecule has 0 saturated carbocycles. The Morgan fingerprint density at radius 3 is 2.64 bits per heavy atom. The minimum atomic E-state index is 0.703. The molecule has 2 aromatic heterocycles. The molecular weight excluding hydrogens is 142 g/mol. The number of nitrogens with two attached hydrogens (primary N) is 1. The second kappa shape index (κ2) is 2.12. The molecular formula is C6H7N5. The smallest absolute Gasteiger partial charge is 0.125 e. The van der Waals surface area contributed by atoms with Crippen molar-refractivity contribution >= 4 is 5.69 Å². The van der Waals surface area contributed by atoms with Crippen molar-refractivity contribution in [1.29, 1.82) is 0 Å². The molecule has 0 spiro atoms. The average molecular weight is 149 g/mol. The van der Waals surface area contributed by atoms with Gasteiger partial charge in [-0.25, -0.2) is 0 Å². The van der Waals surface area contributed by atoms with Gasteiger partial charge in [0, 0.05) is 12.3 Å². The predicted molar refractivity (Wildman–Crippen MR) is 40.1 cm³/mol. The van der Waals surface area contributed by atoms with Gasteiger partial charge in [0.2, 0.25) is 0 Å². The third-order valence-electron chi connectivity index (χ3n) is 1.39. The second-order valence-corrected chi connectivity index (χ2v) is 2.19. The number of nitrogens with zero attached hydrogens (tertiary/aromatic N) is 3. The molecule has 0 aliphatic rings. The molecule has 2 aromatic rings. The van der Waals surface area contributed by atoms with E-state index in [0.717, 1.165) is 5.82 Å². The number of hydrogen-bond acceptors (Lipinski definition) is 3. The van der Waals surface area contributed by atoms with E-state index in [2.05, 4.69) is 15.2 Å². The normalized spacial score (nSPS) is 10.2. The standard InChI is InChI=1S/C6H7N5/c7-5-1-6(8-2-5)11-3-9-10-4-11/h1-4,8H,7H2. The summed E-state index contributed by atoms with van der Waals surface area (Å²) in [5.74, 6) is 0.868. The largest absolute Gasteiger partial charge is 0.397 e. The molecule has 56 valence electrons. The van der Waals surface area contributed by atoms with Crippen LogP contribution in [-0.4, -0.2) is 19.7 Å². The molecule has 2 heterocycles. The maximum Gasteiger partial charge on any atom is 0.125 e. The highest BCUT2D eigenvalue weighted by molar-refractivity contribution is 5.43. The number of rotatable bonds is 1. The third-order valence-corrected chi connectivity index (χ3v) is 1.39. The van der Waals surface area contributed by atoms with E-state index in [1.807, 2.05) is 6.07 Å². The third kappa shape index (κ3) is 0.958. The Labute approximate surface area is 62.9 Å². The quantitative estimate of drug-likeness (QED) is 0.607. The minimum absolute atomic E-state index is 0.703. The lowest BCUT2D eigenvalue weighted by Crippen LogP contribution is -1.88. The first-order valence-electron chi connectivity index (χ1n) is 3.15. The molecule has 2 rings (SSSR count). The van der Waals surface area contributed by atoms with Gasteiger partial charge in [-0.3, -0.25) is 4.57 Å². The Morgan fingerprint density at radius 1 is 1.36 bits per heavy atom. The van der Waals surface area contributed by atoms with Gasteiger partial charge < -0.3 is 10.7 Å².